The number of ether oxygens (including phenoxy) is 3. The molecular formula is C75H124O6. The number of hydrogen-bond acceptors (Lipinski definition) is 6. The average Bonchev–Trinajstić information content (AvgIpc) is 3.47. The monoisotopic (exact) mass is 1120 g/mol. The van der Waals surface area contributed by atoms with E-state index in [9.17, 15) is 14.4 Å². The summed E-state index contributed by atoms with van der Waals surface area (Å²) in [4.78, 5) is 38.4. The summed E-state index contributed by atoms with van der Waals surface area (Å²) in [5, 5.41) is 0. The lowest BCUT2D eigenvalue weighted by Gasteiger charge is -2.18. The topological polar surface area (TPSA) is 78.9 Å². The first-order valence-corrected chi connectivity index (χ1v) is 33.7. The lowest BCUT2D eigenvalue weighted by atomic mass is 10.0. The number of carbonyl (C=O) groups is 3. The van der Waals surface area contributed by atoms with Crippen LogP contribution in [0.25, 0.3) is 0 Å². The van der Waals surface area contributed by atoms with E-state index in [1.54, 1.807) is 0 Å². The predicted molar refractivity (Wildman–Crippen MR) is 353 cm³/mol. The summed E-state index contributed by atoms with van der Waals surface area (Å²) in [5.41, 5.74) is 0. The molecule has 0 aromatic heterocycles. The van der Waals surface area contributed by atoms with E-state index < -0.39 is 6.10 Å². The van der Waals surface area contributed by atoms with Crippen LogP contribution in [0.2, 0.25) is 0 Å². The molecule has 1 atom stereocenters. The van der Waals surface area contributed by atoms with Crippen molar-refractivity contribution in [1.82, 2.24) is 0 Å². The van der Waals surface area contributed by atoms with Gasteiger partial charge in [0.1, 0.15) is 13.2 Å². The first kappa shape index (κ1) is 76.5. The minimum Gasteiger partial charge on any atom is -0.462 e. The van der Waals surface area contributed by atoms with Crippen molar-refractivity contribution in [3.05, 3.63) is 134 Å². The van der Waals surface area contributed by atoms with Crippen LogP contribution < -0.4 is 0 Å². The van der Waals surface area contributed by atoms with Gasteiger partial charge in [0.25, 0.3) is 0 Å². The smallest absolute Gasteiger partial charge is 0.306 e. The first-order chi connectivity index (χ1) is 40.0. The number of hydrogen-bond donors (Lipinski definition) is 0. The molecule has 0 aromatic carbocycles. The van der Waals surface area contributed by atoms with Gasteiger partial charge in [0.05, 0.1) is 0 Å². The number of allylic oxidation sites excluding steroid dienone is 22. The second-order valence-electron chi connectivity index (χ2n) is 22.0. The Kier molecular flexibility index (Phi) is 64.3. The van der Waals surface area contributed by atoms with Crippen molar-refractivity contribution in [2.24, 2.45) is 0 Å². The third kappa shape index (κ3) is 66.2. The second kappa shape index (κ2) is 68.1. The van der Waals surface area contributed by atoms with Gasteiger partial charge in [-0.25, -0.2) is 0 Å². The van der Waals surface area contributed by atoms with E-state index in [-0.39, 0.29) is 31.1 Å². The fourth-order valence-electron chi connectivity index (χ4n) is 9.14. The van der Waals surface area contributed by atoms with Gasteiger partial charge in [-0.15, -0.1) is 0 Å². The lowest BCUT2D eigenvalue weighted by Crippen LogP contribution is -2.30. The first-order valence-electron chi connectivity index (χ1n) is 33.7. The van der Waals surface area contributed by atoms with Crippen LogP contribution in [0.3, 0.4) is 0 Å². The summed E-state index contributed by atoms with van der Waals surface area (Å²) in [6, 6.07) is 0. The standard InChI is InChI=1S/C75H124O6/c1-4-7-10-13-16-19-22-25-28-30-32-34-36-37-39-40-42-44-47-50-53-56-59-62-65-68-74(77)80-71-72(70-79-73(76)67-64-61-58-55-52-49-46-27-24-21-18-15-12-9-6-3)81-75(78)69-66-63-60-57-54-51-48-45-43-41-38-35-33-31-29-26-23-20-17-14-11-8-5-2/h7-8,10-11,16-17,19-20,25-29,32-35,37,39,42,44,46,72H,4-6,9,12-15,18,21-24,30-31,36,38,40-41,43,45,47-71H2,1-3H3/b10-7-,11-8-,19-16-,20-17-,28-25-,29-26-,34-32-,35-33-,39-37-,44-42-,46-27-. The largest absolute Gasteiger partial charge is 0.462 e. The third-order valence-corrected chi connectivity index (χ3v) is 14.1. The highest BCUT2D eigenvalue weighted by atomic mass is 16.6. The quantitative estimate of drug-likeness (QED) is 0.0261. The summed E-state index contributed by atoms with van der Waals surface area (Å²) in [7, 11) is 0. The normalized spacial score (nSPS) is 13.0. The summed E-state index contributed by atoms with van der Waals surface area (Å²) < 4.78 is 17.0. The van der Waals surface area contributed by atoms with Crippen molar-refractivity contribution in [2.75, 3.05) is 13.2 Å². The molecule has 0 aliphatic carbocycles. The molecular weight excluding hydrogens is 997 g/mol. The van der Waals surface area contributed by atoms with E-state index in [0.29, 0.717) is 19.3 Å². The van der Waals surface area contributed by atoms with E-state index in [2.05, 4.69) is 154 Å². The molecule has 0 saturated heterocycles. The fraction of sp³-hybridized carbons (Fsp3) is 0.667. The summed E-state index contributed by atoms with van der Waals surface area (Å²) in [6.45, 7) is 6.40. The number of carbonyl (C=O) groups excluding carboxylic acids is 3. The van der Waals surface area contributed by atoms with Gasteiger partial charge in [-0.3, -0.25) is 14.4 Å². The Morgan fingerprint density at radius 3 is 0.765 bits per heavy atom. The molecule has 6 heteroatoms. The highest BCUT2D eigenvalue weighted by molar-refractivity contribution is 5.71. The van der Waals surface area contributed by atoms with E-state index in [1.807, 2.05) is 0 Å². The van der Waals surface area contributed by atoms with Crippen LogP contribution in [0.4, 0.5) is 0 Å². The molecule has 0 amide bonds. The Hall–Kier alpha value is -4.45. The average molecular weight is 1120 g/mol. The predicted octanol–water partition coefficient (Wildman–Crippen LogP) is 23.3. The molecule has 0 fully saturated rings. The number of unbranched alkanes of at least 4 members (excludes halogenated alkanes) is 27. The highest BCUT2D eigenvalue weighted by Gasteiger charge is 2.19. The summed E-state index contributed by atoms with van der Waals surface area (Å²) >= 11 is 0. The van der Waals surface area contributed by atoms with Crippen LogP contribution in [-0.2, 0) is 28.6 Å². The molecule has 0 bridgehead atoms. The summed E-state index contributed by atoms with van der Waals surface area (Å²) in [5.74, 6) is -0.912. The minimum absolute atomic E-state index is 0.0913. The Labute approximate surface area is 500 Å². The SMILES string of the molecule is CC/C=C\C/C=C\C/C=C\C/C=C\C/C=C\C/C=C\CCCCCCCCC(=O)OCC(COC(=O)CCCCCCC/C=C\CCCCCCCC)OC(=O)CCCCCCCCCCCC/C=C\C/C=C\C/C=C\C/C=C\CC. The summed E-state index contributed by atoms with van der Waals surface area (Å²) in [6.07, 6.45) is 96.0. The Balaban J connectivity index is 4.42. The van der Waals surface area contributed by atoms with Gasteiger partial charge in [0, 0.05) is 19.3 Å². The molecule has 0 aliphatic rings. The van der Waals surface area contributed by atoms with E-state index in [4.69, 9.17) is 14.2 Å². The molecule has 6 nitrogen and oxygen atoms in total. The van der Waals surface area contributed by atoms with Crippen LogP contribution in [0.1, 0.15) is 303 Å². The van der Waals surface area contributed by atoms with Gasteiger partial charge in [-0.2, -0.15) is 0 Å². The molecule has 81 heavy (non-hydrogen) atoms. The van der Waals surface area contributed by atoms with Crippen LogP contribution in [-0.4, -0.2) is 37.2 Å². The molecule has 0 saturated carbocycles. The molecule has 0 rings (SSSR count). The number of esters is 3. The van der Waals surface area contributed by atoms with Gasteiger partial charge >= 0.3 is 17.9 Å². The molecule has 0 aliphatic heterocycles. The van der Waals surface area contributed by atoms with Crippen molar-refractivity contribution in [3.8, 4) is 0 Å². The van der Waals surface area contributed by atoms with E-state index in [1.165, 1.54) is 122 Å². The van der Waals surface area contributed by atoms with Crippen LogP contribution in [0.15, 0.2) is 134 Å². The molecule has 0 radical (unpaired) electrons. The maximum Gasteiger partial charge on any atom is 0.306 e. The Bertz CT molecular complexity index is 1720. The second-order valence-corrected chi connectivity index (χ2v) is 22.0. The van der Waals surface area contributed by atoms with E-state index >= 15 is 0 Å². The van der Waals surface area contributed by atoms with Crippen LogP contribution in [0, 0.1) is 0 Å². The maximum atomic E-state index is 13.0. The van der Waals surface area contributed by atoms with Gasteiger partial charge in [-0.05, 0) is 135 Å². The molecule has 460 valence electrons. The Morgan fingerprint density at radius 1 is 0.259 bits per heavy atom. The molecule has 0 aromatic rings. The number of rotatable bonds is 60. The van der Waals surface area contributed by atoms with Crippen molar-refractivity contribution >= 4 is 17.9 Å². The molecule has 0 spiro atoms. The highest BCUT2D eigenvalue weighted by Crippen LogP contribution is 2.16. The maximum absolute atomic E-state index is 13.0. The molecule has 1 unspecified atom stereocenters. The molecule has 0 N–H and O–H groups in total. The van der Waals surface area contributed by atoms with Crippen LogP contribution in [0.5, 0.6) is 0 Å². The van der Waals surface area contributed by atoms with Crippen molar-refractivity contribution in [1.29, 1.82) is 0 Å². The fourth-order valence-corrected chi connectivity index (χ4v) is 9.14. The lowest BCUT2D eigenvalue weighted by molar-refractivity contribution is -0.167. The van der Waals surface area contributed by atoms with Crippen molar-refractivity contribution in [3.63, 3.8) is 0 Å². The van der Waals surface area contributed by atoms with Crippen molar-refractivity contribution in [2.45, 2.75) is 309 Å². The molecule has 0 heterocycles. The minimum atomic E-state index is -0.797. The van der Waals surface area contributed by atoms with Gasteiger partial charge in [0.2, 0.25) is 0 Å². The van der Waals surface area contributed by atoms with Gasteiger partial charge in [-0.1, -0.05) is 283 Å². The van der Waals surface area contributed by atoms with Gasteiger partial charge in [0.15, 0.2) is 6.10 Å². The third-order valence-electron chi connectivity index (χ3n) is 14.1. The zero-order valence-corrected chi connectivity index (χ0v) is 52.8. The van der Waals surface area contributed by atoms with Gasteiger partial charge < -0.3 is 14.2 Å². The Morgan fingerprint density at radius 2 is 0.481 bits per heavy atom. The zero-order chi connectivity index (χ0) is 58.5. The van der Waals surface area contributed by atoms with Crippen molar-refractivity contribution < 1.29 is 28.6 Å². The van der Waals surface area contributed by atoms with Crippen LogP contribution >= 0.6 is 0 Å². The van der Waals surface area contributed by atoms with E-state index in [0.717, 1.165) is 141 Å². The zero-order valence-electron chi connectivity index (χ0n) is 52.8.